The highest BCUT2D eigenvalue weighted by atomic mass is 16.4. The zero-order valence-corrected chi connectivity index (χ0v) is 19.4. The summed E-state index contributed by atoms with van der Waals surface area (Å²) in [5.41, 5.74) is 4.23. The molecule has 0 saturated heterocycles. The second kappa shape index (κ2) is 10.0. The van der Waals surface area contributed by atoms with Crippen LogP contribution in [0.15, 0.2) is 73.2 Å². The standard InChI is InChI=1S/C27H25N5O4/c33-26(34)22(12-18-14-28-16-30-18)29-11-10-21-25-20(13-23(31-21)27(35)36)19-8-4-5-9-24(19)32(25)15-17-6-2-1-3-7-17/h1-9,13-14,16,22,29H,10-12,15H2,(H,28,30)(H,33,34)(H,35,36)/t22-/m0/s1. The van der Waals surface area contributed by atoms with Crippen molar-refractivity contribution in [3.05, 3.63) is 95.8 Å². The summed E-state index contributed by atoms with van der Waals surface area (Å²) in [6, 6.07) is 18.7. The number of aliphatic carboxylic acids is 1. The Morgan fingerprint density at radius 1 is 1.03 bits per heavy atom. The minimum Gasteiger partial charge on any atom is -0.480 e. The third-order valence-electron chi connectivity index (χ3n) is 6.25. The molecule has 2 aromatic carbocycles. The molecule has 36 heavy (non-hydrogen) atoms. The van der Waals surface area contributed by atoms with Crippen molar-refractivity contribution >= 4 is 33.7 Å². The molecule has 0 unspecified atom stereocenters. The van der Waals surface area contributed by atoms with Crippen molar-refractivity contribution in [2.75, 3.05) is 6.54 Å². The highest BCUT2D eigenvalue weighted by Gasteiger charge is 2.21. The minimum atomic E-state index is -1.10. The smallest absolute Gasteiger partial charge is 0.354 e. The molecule has 9 nitrogen and oxygen atoms in total. The number of hydrogen-bond acceptors (Lipinski definition) is 5. The number of para-hydroxylation sites is 1. The van der Waals surface area contributed by atoms with Crippen LogP contribution >= 0.6 is 0 Å². The van der Waals surface area contributed by atoms with Gasteiger partial charge in [0.05, 0.1) is 17.5 Å². The van der Waals surface area contributed by atoms with E-state index in [9.17, 15) is 19.8 Å². The number of imidazole rings is 1. The van der Waals surface area contributed by atoms with Gasteiger partial charge in [-0.3, -0.25) is 4.79 Å². The van der Waals surface area contributed by atoms with E-state index < -0.39 is 18.0 Å². The molecule has 0 aliphatic heterocycles. The van der Waals surface area contributed by atoms with Crippen LogP contribution in [0.1, 0.15) is 27.4 Å². The molecule has 1 atom stereocenters. The Morgan fingerprint density at radius 3 is 2.53 bits per heavy atom. The fraction of sp³-hybridized carbons (Fsp3) is 0.185. The zero-order chi connectivity index (χ0) is 25.1. The van der Waals surface area contributed by atoms with E-state index in [1.165, 1.54) is 6.33 Å². The van der Waals surface area contributed by atoms with Crippen LogP contribution < -0.4 is 5.32 Å². The molecule has 4 N–H and O–H groups in total. The maximum Gasteiger partial charge on any atom is 0.354 e. The van der Waals surface area contributed by atoms with Crippen molar-refractivity contribution in [1.82, 2.24) is 24.8 Å². The molecular formula is C27H25N5O4. The monoisotopic (exact) mass is 483 g/mol. The summed E-state index contributed by atoms with van der Waals surface area (Å²) < 4.78 is 2.16. The number of carboxylic acid groups (broad SMARTS) is 2. The lowest BCUT2D eigenvalue weighted by Crippen LogP contribution is -2.39. The first-order chi connectivity index (χ1) is 17.5. The molecule has 9 heteroatoms. The van der Waals surface area contributed by atoms with E-state index in [0.717, 1.165) is 27.4 Å². The Bertz CT molecular complexity index is 1530. The topological polar surface area (TPSA) is 133 Å². The van der Waals surface area contributed by atoms with E-state index in [4.69, 9.17) is 0 Å². The number of carbonyl (C=O) groups is 2. The second-order valence-electron chi connectivity index (χ2n) is 8.62. The number of aromatic nitrogens is 4. The van der Waals surface area contributed by atoms with Gasteiger partial charge in [-0.25, -0.2) is 14.8 Å². The lowest BCUT2D eigenvalue weighted by molar-refractivity contribution is -0.139. The van der Waals surface area contributed by atoms with Crippen LogP contribution in [-0.2, 0) is 24.2 Å². The minimum absolute atomic E-state index is 0.0349. The van der Waals surface area contributed by atoms with Gasteiger partial charge in [0.1, 0.15) is 11.7 Å². The van der Waals surface area contributed by atoms with Crippen LogP contribution in [0.25, 0.3) is 21.8 Å². The van der Waals surface area contributed by atoms with E-state index in [2.05, 4.69) is 24.8 Å². The van der Waals surface area contributed by atoms with E-state index in [1.807, 2.05) is 54.6 Å². The van der Waals surface area contributed by atoms with Gasteiger partial charge in [0.2, 0.25) is 0 Å². The summed E-state index contributed by atoms with van der Waals surface area (Å²) in [7, 11) is 0. The summed E-state index contributed by atoms with van der Waals surface area (Å²) in [5.74, 6) is -2.08. The van der Waals surface area contributed by atoms with Crippen LogP contribution in [0, 0.1) is 0 Å². The van der Waals surface area contributed by atoms with Crippen molar-refractivity contribution in [2.45, 2.75) is 25.4 Å². The van der Waals surface area contributed by atoms with E-state index in [1.54, 1.807) is 12.3 Å². The fourth-order valence-electron chi connectivity index (χ4n) is 4.60. The molecule has 0 amide bonds. The third kappa shape index (κ3) is 4.69. The molecule has 0 aliphatic carbocycles. The molecule has 5 rings (SSSR count). The Morgan fingerprint density at radius 2 is 1.81 bits per heavy atom. The van der Waals surface area contributed by atoms with E-state index in [0.29, 0.717) is 30.9 Å². The number of H-pyrrole nitrogens is 1. The summed E-state index contributed by atoms with van der Waals surface area (Å²) in [5, 5.41) is 24.3. The number of hydrogen-bond donors (Lipinski definition) is 4. The predicted octanol–water partition coefficient (Wildman–Crippen LogP) is 3.49. The summed E-state index contributed by atoms with van der Waals surface area (Å²) >= 11 is 0. The lowest BCUT2D eigenvalue weighted by Gasteiger charge is -2.15. The number of aromatic carboxylic acids is 1. The highest BCUT2D eigenvalue weighted by molar-refractivity contribution is 6.10. The first-order valence-corrected chi connectivity index (χ1v) is 11.6. The van der Waals surface area contributed by atoms with Gasteiger partial charge < -0.3 is 25.1 Å². The quantitative estimate of drug-likeness (QED) is 0.239. The average Bonchev–Trinajstić information content (AvgIpc) is 3.50. The van der Waals surface area contributed by atoms with Gasteiger partial charge >= 0.3 is 11.9 Å². The molecule has 0 saturated carbocycles. The maximum absolute atomic E-state index is 11.9. The summed E-state index contributed by atoms with van der Waals surface area (Å²) in [6.07, 6.45) is 3.72. The number of aromatic amines is 1. The van der Waals surface area contributed by atoms with E-state index >= 15 is 0 Å². The van der Waals surface area contributed by atoms with Crippen molar-refractivity contribution in [3.63, 3.8) is 0 Å². The Labute approximate surface area is 206 Å². The number of fused-ring (bicyclic) bond motifs is 3. The van der Waals surface area contributed by atoms with Gasteiger partial charge in [-0.2, -0.15) is 0 Å². The van der Waals surface area contributed by atoms with Gasteiger partial charge in [0.25, 0.3) is 0 Å². The van der Waals surface area contributed by atoms with E-state index in [-0.39, 0.29) is 12.1 Å². The Kier molecular flexibility index (Phi) is 6.46. The molecular weight excluding hydrogens is 458 g/mol. The normalized spacial score (nSPS) is 12.2. The number of carboxylic acids is 2. The molecule has 0 fully saturated rings. The lowest BCUT2D eigenvalue weighted by atomic mass is 10.1. The molecule has 0 aliphatic rings. The molecule has 0 bridgehead atoms. The maximum atomic E-state index is 11.9. The Balaban J connectivity index is 1.54. The molecule has 3 heterocycles. The van der Waals surface area contributed by atoms with Crippen LogP contribution in [0.2, 0.25) is 0 Å². The number of nitrogens with zero attached hydrogens (tertiary/aromatic N) is 3. The predicted molar refractivity (Wildman–Crippen MR) is 135 cm³/mol. The van der Waals surface area contributed by atoms with Gasteiger partial charge in [-0.05, 0) is 17.7 Å². The molecule has 182 valence electrons. The number of nitrogens with one attached hydrogen (secondary N) is 2. The van der Waals surface area contributed by atoms with Gasteiger partial charge in [-0.15, -0.1) is 0 Å². The van der Waals surface area contributed by atoms with Gasteiger partial charge in [-0.1, -0.05) is 48.5 Å². The summed E-state index contributed by atoms with van der Waals surface area (Å²) in [6.45, 7) is 0.903. The number of rotatable bonds is 10. The Hall–Kier alpha value is -4.50. The van der Waals surface area contributed by atoms with Crippen LogP contribution in [-0.4, -0.2) is 54.3 Å². The van der Waals surface area contributed by atoms with Gasteiger partial charge in [0, 0.05) is 54.1 Å². The number of benzene rings is 2. The number of pyridine rings is 1. The van der Waals surface area contributed by atoms with Crippen molar-refractivity contribution in [2.24, 2.45) is 0 Å². The first-order valence-electron chi connectivity index (χ1n) is 11.6. The van der Waals surface area contributed by atoms with Crippen molar-refractivity contribution in [1.29, 1.82) is 0 Å². The largest absolute Gasteiger partial charge is 0.480 e. The second-order valence-corrected chi connectivity index (χ2v) is 8.62. The van der Waals surface area contributed by atoms with Crippen LogP contribution in [0.5, 0.6) is 0 Å². The zero-order valence-electron chi connectivity index (χ0n) is 19.4. The molecule has 0 radical (unpaired) electrons. The SMILES string of the molecule is O=C(O)c1cc2c3ccccc3n(Cc3ccccc3)c2c(CCN[C@@H](Cc2cnc[nH]2)C(=O)O)n1. The fourth-order valence-corrected chi connectivity index (χ4v) is 4.60. The van der Waals surface area contributed by atoms with Crippen LogP contribution in [0.3, 0.4) is 0 Å². The van der Waals surface area contributed by atoms with Crippen molar-refractivity contribution in [3.8, 4) is 0 Å². The van der Waals surface area contributed by atoms with Crippen molar-refractivity contribution < 1.29 is 19.8 Å². The highest BCUT2D eigenvalue weighted by Crippen LogP contribution is 2.32. The van der Waals surface area contributed by atoms with Gasteiger partial charge in [0.15, 0.2) is 0 Å². The van der Waals surface area contributed by atoms with Crippen LogP contribution in [0.4, 0.5) is 0 Å². The first kappa shape index (κ1) is 23.3. The third-order valence-corrected chi connectivity index (χ3v) is 6.25. The molecule has 5 aromatic rings. The summed E-state index contributed by atoms with van der Waals surface area (Å²) in [4.78, 5) is 35.1. The average molecular weight is 484 g/mol. The molecule has 0 spiro atoms. The molecule has 3 aromatic heterocycles.